The average molecular weight is 352 g/mol. The number of hydrogen-bond acceptors (Lipinski definition) is 8. The number of aromatic nitrogens is 3. The van der Waals surface area contributed by atoms with Crippen molar-refractivity contribution in [3.05, 3.63) is 34.9 Å². The van der Waals surface area contributed by atoms with Crippen LogP contribution in [-0.2, 0) is 10.0 Å². The summed E-state index contributed by atoms with van der Waals surface area (Å²) in [4.78, 5) is 21.2. The Morgan fingerprint density at radius 1 is 1.25 bits per heavy atom. The van der Waals surface area contributed by atoms with E-state index in [9.17, 15) is 13.2 Å². The highest BCUT2D eigenvalue weighted by atomic mass is 32.2. The molecular weight excluding hydrogens is 340 g/mol. The van der Waals surface area contributed by atoms with Gasteiger partial charge in [-0.25, -0.2) is 18.2 Å². The van der Waals surface area contributed by atoms with Crippen molar-refractivity contribution in [2.45, 2.75) is 4.90 Å². The van der Waals surface area contributed by atoms with Crippen molar-refractivity contribution in [3.63, 3.8) is 0 Å². The summed E-state index contributed by atoms with van der Waals surface area (Å²) in [6, 6.07) is 3.99. The second kappa shape index (κ2) is 5.85. The lowest BCUT2D eigenvalue weighted by molar-refractivity contribution is 0.353. The molecule has 1 aromatic carbocycles. The zero-order valence-corrected chi connectivity index (χ0v) is 13.4. The number of benzene rings is 1. The summed E-state index contributed by atoms with van der Waals surface area (Å²) in [6.07, 6.45) is 1.22. The number of H-pyrrole nitrogens is 1. The van der Waals surface area contributed by atoms with Crippen molar-refractivity contribution in [1.82, 2.24) is 15.0 Å². The molecule has 2 aromatic heterocycles. The summed E-state index contributed by atoms with van der Waals surface area (Å²) in [7, 11) is -1.25. The molecule has 0 aliphatic rings. The Kier molecular flexibility index (Phi) is 3.85. The van der Waals surface area contributed by atoms with Gasteiger partial charge in [-0.1, -0.05) is 0 Å². The number of sulfonamides is 1. The minimum Gasteiger partial charge on any atom is -0.479 e. The van der Waals surface area contributed by atoms with Crippen molar-refractivity contribution < 1.29 is 22.3 Å². The lowest BCUT2D eigenvalue weighted by atomic mass is 10.3. The fourth-order valence-corrected chi connectivity index (χ4v) is 3.04. The standard InChI is InChI=1S/C13H12N4O6S/c1-21-11-9(6-14-12(16-11)22-2)17-24(19,20)7-3-4-10-8(5-7)15-13(18)23-10/h3-6,17H,1-2H3,(H,15,18). The van der Waals surface area contributed by atoms with E-state index in [4.69, 9.17) is 13.9 Å². The summed E-state index contributed by atoms with van der Waals surface area (Å²) in [6.45, 7) is 0. The smallest absolute Gasteiger partial charge is 0.417 e. The molecule has 0 atom stereocenters. The number of anilines is 1. The normalized spacial score (nSPS) is 11.4. The molecule has 126 valence electrons. The lowest BCUT2D eigenvalue weighted by Gasteiger charge is -2.11. The average Bonchev–Trinajstić information content (AvgIpc) is 2.94. The van der Waals surface area contributed by atoms with E-state index >= 15 is 0 Å². The second-order valence-corrected chi connectivity index (χ2v) is 6.24. The number of nitrogens with one attached hydrogen (secondary N) is 2. The fourth-order valence-electron chi connectivity index (χ4n) is 1.98. The fraction of sp³-hybridized carbons (Fsp3) is 0.154. The Morgan fingerprint density at radius 3 is 2.75 bits per heavy atom. The van der Waals surface area contributed by atoms with Crippen LogP contribution in [0.5, 0.6) is 11.9 Å². The van der Waals surface area contributed by atoms with Crippen LogP contribution in [0, 0.1) is 0 Å². The number of hydrogen-bond donors (Lipinski definition) is 2. The molecule has 0 saturated heterocycles. The number of oxazole rings is 1. The maximum atomic E-state index is 12.5. The van der Waals surface area contributed by atoms with E-state index in [0.717, 1.165) is 0 Å². The molecule has 0 aliphatic heterocycles. The third-order valence-electron chi connectivity index (χ3n) is 3.05. The number of methoxy groups -OCH3 is 2. The topological polar surface area (TPSA) is 136 Å². The number of aromatic amines is 1. The van der Waals surface area contributed by atoms with Crippen LogP contribution in [0.15, 0.2) is 38.5 Å². The summed E-state index contributed by atoms with van der Waals surface area (Å²) < 4.78 is 42.0. The van der Waals surface area contributed by atoms with Gasteiger partial charge in [0.05, 0.1) is 30.8 Å². The molecule has 3 rings (SSSR count). The van der Waals surface area contributed by atoms with Crippen molar-refractivity contribution in [1.29, 1.82) is 0 Å². The highest BCUT2D eigenvalue weighted by Crippen LogP contribution is 2.26. The molecule has 0 amide bonds. The van der Waals surface area contributed by atoms with E-state index in [2.05, 4.69) is 19.7 Å². The first-order valence-corrected chi connectivity index (χ1v) is 8.02. The first kappa shape index (κ1) is 15.8. The molecule has 2 heterocycles. The van der Waals surface area contributed by atoms with Gasteiger partial charge in [-0.05, 0) is 18.2 Å². The molecule has 0 fully saturated rings. The Hall–Kier alpha value is -3.08. The van der Waals surface area contributed by atoms with Gasteiger partial charge in [0, 0.05) is 0 Å². The van der Waals surface area contributed by atoms with E-state index in [-0.39, 0.29) is 33.6 Å². The summed E-state index contributed by atoms with van der Waals surface area (Å²) in [5.74, 6) is -0.666. The number of rotatable bonds is 5. The summed E-state index contributed by atoms with van der Waals surface area (Å²) in [5, 5.41) is 0. The molecule has 0 radical (unpaired) electrons. The van der Waals surface area contributed by atoms with Gasteiger partial charge in [-0.3, -0.25) is 9.71 Å². The molecular formula is C13H12N4O6S. The highest BCUT2D eigenvalue weighted by molar-refractivity contribution is 7.92. The molecule has 10 nitrogen and oxygen atoms in total. The molecule has 2 N–H and O–H groups in total. The van der Waals surface area contributed by atoms with Crippen molar-refractivity contribution in [2.75, 3.05) is 18.9 Å². The van der Waals surface area contributed by atoms with E-state index in [0.29, 0.717) is 0 Å². The van der Waals surface area contributed by atoms with E-state index in [1.165, 1.54) is 38.6 Å². The van der Waals surface area contributed by atoms with E-state index < -0.39 is 15.8 Å². The number of nitrogens with zero attached hydrogens (tertiary/aromatic N) is 2. The van der Waals surface area contributed by atoms with E-state index in [1.807, 2.05) is 0 Å². The van der Waals surface area contributed by atoms with Gasteiger partial charge >= 0.3 is 11.8 Å². The van der Waals surface area contributed by atoms with Crippen molar-refractivity contribution in [2.24, 2.45) is 0 Å². The number of fused-ring (bicyclic) bond motifs is 1. The number of ether oxygens (including phenoxy) is 2. The highest BCUT2D eigenvalue weighted by Gasteiger charge is 2.19. The summed E-state index contributed by atoms with van der Waals surface area (Å²) in [5.41, 5.74) is 0.559. The van der Waals surface area contributed by atoms with Gasteiger partial charge in [-0.15, -0.1) is 0 Å². The largest absolute Gasteiger partial charge is 0.479 e. The van der Waals surface area contributed by atoms with Gasteiger partial charge < -0.3 is 13.9 Å². The Morgan fingerprint density at radius 2 is 2.04 bits per heavy atom. The quantitative estimate of drug-likeness (QED) is 0.686. The Balaban J connectivity index is 1.99. The molecule has 24 heavy (non-hydrogen) atoms. The molecule has 0 unspecified atom stereocenters. The predicted molar refractivity (Wildman–Crippen MR) is 82.8 cm³/mol. The zero-order chi connectivity index (χ0) is 17.3. The predicted octanol–water partition coefficient (Wildman–Crippen LogP) is 0.729. The van der Waals surface area contributed by atoms with Crippen LogP contribution in [-0.4, -0.2) is 37.6 Å². The molecule has 11 heteroatoms. The van der Waals surface area contributed by atoms with Crippen LogP contribution in [0.25, 0.3) is 11.1 Å². The van der Waals surface area contributed by atoms with Crippen LogP contribution < -0.4 is 20.0 Å². The van der Waals surface area contributed by atoms with Crippen LogP contribution in [0.3, 0.4) is 0 Å². The van der Waals surface area contributed by atoms with Crippen LogP contribution in [0.4, 0.5) is 5.69 Å². The van der Waals surface area contributed by atoms with E-state index in [1.54, 1.807) is 0 Å². The Bertz CT molecular complexity index is 1060. The summed E-state index contributed by atoms with van der Waals surface area (Å²) >= 11 is 0. The molecule has 3 aromatic rings. The lowest BCUT2D eigenvalue weighted by Crippen LogP contribution is -2.14. The van der Waals surface area contributed by atoms with Crippen molar-refractivity contribution in [3.8, 4) is 11.9 Å². The van der Waals surface area contributed by atoms with Gasteiger partial charge in [0.25, 0.3) is 10.0 Å². The molecule has 0 saturated carbocycles. The van der Waals surface area contributed by atoms with Gasteiger partial charge in [0.2, 0.25) is 5.88 Å². The maximum absolute atomic E-state index is 12.5. The maximum Gasteiger partial charge on any atom is 0.417 e. The first-order valence-electron chi connectivity index (χ1n) is 6.53. The monoisotopic (exact) mass is 352 g/mol. The third kappa shape index (κ3) is 2.88. The van der Waals surface area contributed by atoms with Gasteiger partial charge in [-0.2, -0.15) is 4.98 Å². The molecule has 0 bridgehead atoms. The van der Waals surface area contributed by atoms with Crippen LogP contribution in [0.2, 0.25) is 0 Å². The van der Waals surface area contributed by atoms with Gasteiger partial charge in [0.1, 0.15) is 5.69 Å². The van der Waals surface area contributed by atoms with Gasteiger partial charge in [0.15, 0.2) is 5.58 Å². The SMILES string of the molecule is COc1ncc(NS(=O)(=O)c2ccc3oc(=O)[nH]c3c2)c(OC)n1. The zero-order valence-electron chi connectivity index (χ0n) is 12.6. The minimum atomic E-state index is -3.96. The Labute approximate surface area is 135 Å². The van der Waals surface area contributed by atoms with Crippen molar-refractivity contribution >= 4 is 26.8 Å². The second-order valence-electron chi connectivity index (χ2n) is 4.56. The van der Waals surface area contributed by atoms with Crippen LogP contribution in [0.1, 0.15) is 0 Å². The third-order valence-corrected chi connectivity index (χ3v) is 4.42. The molecule has 0 aliphatic carbocycles. The van der Waals surface area contributed by atoms with Crippen LogP contribution >= 0.6 is 0 Å². The molecule has 0 spiro atoms. The minimum absolute atomic E-state index is 0.00298. The first-order chi connectivity index (χ1) is 11.4.